The van der Waals surface area contributed by atoms with Crippen molar-refractivity contribution in [1.82, 2.24) is 15.2 Å². The predicted octanol–water partition coefficient (Wildman–Crippen LogP) is 4.00. The minimum Gasteiger partial charge on any atom is -0.368 e. The van der Waals surface area contributed by atoms with Crippen molar-refractivity contribution in [2.45, 2.75) is 12.5 Å². The molecule has 2 amide bonds. The zero-order valence-electron chi connectivity index (χ0n) is 19.3. The van der Waals surface area contributed by atoms with Crippen LogP contribution in [0.4, 0.5) is 10.1 Å². The van der Waals surface area contributed by atoms with Crippen LogP contribution in [0.1, 0.15) is 15.9 Å². The molecular formula is C28H27FN4O2. The largest absolute Gasteiger partial charge is 0.368 e. The molecule has 35 heavy (non-hydrogen) atoms. The van der Waals surface area contributed by atoms with Gasteiger partial charge in [0.15, 0.2) is 0 Å². The van der Waals surface area contributed by atoms with E-state index in [1.807, 2.05) is 53.6 Å². The maximum atomic E-state index is 13.6. The second kappa shape index (κ2) is 10.0. The number of carbonyl (C=O) groups is 2. The summed E-state index contributed by atoms with van der Waals surface area (Å²) in [5.41, 5.74) is 3.40. The van der Waals surface area contributed by atoms with Gasteiger partial charge < -0.3 is 20.1 Å². The first-order chi connectivity index (χ1) is 17.1. The molecule has 0 aliphatic carbocycles. The van der Waals surface area contributed by atoms with Crippen LogP contribution in [-0.2, 0) is 11.2 Å². The minimum absolute atomic E-state index is 0.113. The molecule has 3 aromatic carbocycles. The van der Waals surface area contributed by atoms with Gasteiger partial charge in [0.05, 0.1) is 0 Å². The number of anilines is 1. The molecule has 1 aliphatic rings. The summed E-state index contributed by atoms with van der Waals surface area (Å²) in [4.78, 5) is 33.9. The molecule has 1 fully saturated rings. The Balaban J connectivity index is 1.34. The SMILES string of the molecule is O=C(N[C@@H](Cc1c[nH]c2ccccc12)C(=O)N1CCN(c2ccccc2)CC1)c1ccc(F)cc1. The third-order valence-corrected chi connectivity index (χ3v) is 6.52. The summed E-state index contributed by atoms with van der Waals surface area (Å²) in [6.45, 7) is 2.60. The zero-order valence-corrected chi connectivity index (χ0v) is 19.3. The molecule has 4 aromatic rings. The standard InChI is InChI=1S/C28H27FN4O2/c29-22-12-10-20(11-13-22)27(34)31-26(18-21-19-30-25-9-5-4-8-24(21)25)28(35)33-16-14-32(15-17-33)23-6-2-1-3-7-23/h1-13,19,26,30H,14-18H2,(H,31,34)/t26-/m0/s1. The lowest BCUT2D eigenvalue weighted by Gasteiger charge is -2.37. The molecule has 0 unspecified atom stereocenters. The third kappa shape index (κ3) is 5.04. The summed E-state index contributed by atoms with van der Waals surface area (Å²) in [6.07, 6.45) is 2.25. The van der Waals surface area contributed by atoms with E-state index in [1.165, 1.54) is 24.3 Å². The van der Waals surface area contributed by atoms with Crippen molar-refractivity contribution in [3.05, 3.63) is 102 Å². The molecule has 0 saturated carbocycles. The smallest absolute Gasteiger partial charge is 0.251 e. The summed E-state index contributed by atoms with van der Waals surface area (Å²) in [5, 5.41) is 3.94. The number of para-hydroxylation sites is 2. The Labute approximate surface area is 203 Å². The molecule has 1 aromatic heterocycles. The molecule has 2 N–H and O–H groups in total. The molecule has 7 heteroatoms. The van der Waals surface area contributed by atoms with Gasteiger partial charge in [-0.3, -0.25) is 9.59 Å². The number of fused-ring (bicyclic) bond motifs is 1. The Morgan fingerprint density at radius 3 is 2.31 bits per heavy atom. The second-order valence-corrected chi connectivity index (χ2v) is 8.74. The summed E-state index contributed by atoms with van der Waals surface area (Å²) >= 11 is 0. The highest BCUT2D eigenvalue weighted by atomic mass is 19.1. The topological polar surface area (TPSA) is 68.4 Å². The average molecular weight is 471 g/mol. The van der Waals surface area contributed by atoms with E-state index in [-0.39, 0.29) is 5.91 Å². The van der Waals surface area contributed by atoms with Gasteiger partial charge in [-0.05, 0) is 48.0 Å². The molecule has 0 bridgehead atoms. The summed E-state index contributed by atoms with van der Waals surface area (Å²) < 4.78 is 13.3. The number of nitrogens with one attached hydrogen (secondary N) is 2. The van der Waals surface area contributed by atoms with E-state index in [1.54, 1.807) is 0 Å². The van der Waals surface area contributed by atoms with E-state index >= 15 is 0 Å². The number of amides is 2. The number of benzene rings is 3. The zero-order chi connectivity index (χ0) is 24.2. The van der Waals surface area contributed by atoms with Crippen molar-refractivity contribution in [1.29, 1.82) is 0 Å². The van der Waals surface area contributed by atoms with Crippen LogP contribution in [0.25, 0.3) is 10.9 Å². The quantitative estimate of drug-likeness (QED) is 0.448. The number of piperazine rings is 1. The van der Waals surface area contributed by atoms with Crippen LogP contribution in [0, 0.1) is 5.82 Å². The first-order valence-corrected chi connectivity index (χ1v) is 11.8. The highest BCUT2D eigenvalue weighted by Crippen LogP contribution is 2.21. The normalized spacial score (nSPS) is 14.7. The number of aromatic nitrogens is 1. The molecule has 178 valence electrons. The second-order valence-electron chi connectivity index (χ2n) is 8.74. The molecule has 1 atom stereocenters. The van der Waals surface area contributed by atoms with Gasteiger partial charge in [-0.2, -0.15) is 0 Å². The third-order valence-electron chi connectivity index (χ3n) is 6.52. The van der Waals surface area contributed by atoms with Gasteiger partial charge in [-0.25, -0.2) is 4.39 Å². The fourth-order valence-corrected chi connectivity index (χ4v) is 4.61. The van der Waals surface area contributed by atoms with Crippen molar-refractivity contribution >= 4 is 28.4 Å². The van der Waals surface area contributed by atoms with Crippen molar-refractivity contribution in [2.24, 2.45) is 0 Å². The van der Waals surface area contributed by atoms with Gasteiger partial charge in [0.2, 0.25) is 5.91 Å². The van der Waals surface area contributed by atoms with E-state index in [0.717, 1.165) is 35.2 Å². The molecule has 1 saturated heterocycles. The summed E-state index contributed by atoms with van der Waals surface area (Å²) in [7, 11) is 0. The van der Waals surface area contributed by atoms with Gasteiger partial charge in [-0.15, -0.1) is 0 Å². The van der Waals surface area contributed by atoms with Crippen LogP contribution in [0.2, 0.25) is 0 Å². The number of carbonyl (C=O) groups excluding carboxylic acids is 2. The Hall–Kier alpha value is -4.13. The van der Waals surface area contributed by atoms with Gasteiger partial charge in [0, 0.05) is 61.0 Å². The summed E-state index contributed by atoms with van der Waals surface area (Å²) in [5.74, 6) is -0.922. The molecule has 0 radical (unpaired) electrons. The predicted molar refractivity (Wildman–Crippen MR) is 135 cm³/mol. The van der Waals surface area contributed by atoms with Gasteiger partial charge in [0.1, 0.15) is 11.9 Å². The maximum Gasteiger partial charge on any atom is 0.251 e. The van der Waals surface area contributed by atoms with Gasteiger partial charge in [0.25, 0.3) is 5.91 Å². The van der Waals surface area contributed by atoms with E-state index < -0.39 is 17.8 Å². The Bertz CT molecular complexity index is 1310. The van der Waals surface area contributed by atoms with E-state index in [9.17, 15) is 14.0 Å². The van der Waals surface area contributed by atoms with Gasteiger partial charge in [-0.1, -0.05) is 36.4 Å². The number of nitrogens with zero attached hydrogens (tertiary/aromatic N) is 2. The Kier molecular flexibility index (Phi) is 6.48. The lowest BCUT2D eigenvalue weighted by atomic mass is 10.0. The lowest BCUT2D eigenvalue weighted by Crippen LogP contribution is -2.55. The van der Waals surface area contributed by atoms with Crippen LogP contribution >= 0.6 is 0 Å². The average Bonchev–Trinajstić information content (AvgIpc) is 3.31. The molecule has 1 aliphatic heterocycles. The highest BCUT2D eigenvalue weighted by Gasteiger charge is 2.30. The van der Waals surface area contributed by atoms with E-state index in [4.69, 9.17) is 0 Å². The molecule has 2 heterocycles. The number of aromatic amines is 1. The number of halogens is 1. The van der Waals surface area contributed by atoms with Crippen molar-refractivity contribution in [3.8, 4) is 0 Å². The van der Waals surface area contributed by atoms with Crippen molar-refractivity contribution < 1.29 is 14.0 Å². The van der Waals surface area contributed by atoms with Crippen LogP contribution < -0.4 is 10.2 Å². The highest BCUT2D eigenvalue weighted by molar-refractivity contribution is 5.98. The molecular weight excluding hydrogens is 443 g/mol. The molecule has 0 spiro atoms. The minimum atomic E-state index is -0.741. The first-order valence-electron chi connectivity index (χ1n) is 11.8. The fraction of sp³-hybridized carbons (Fsp3) is 0.214. The number of H-pyrrole nitrogens is 1. The van der Waals surface area contributed by atoms with E-state index in [2.05, 4.69) is 27.3 Å². The van der Waals surface area contributed by atoms with E-state index in [0.29, 0.717) is 25.1 Å². The van der Waals surface area contributed by atoms with Gasteiger partial charge >= 0.3 is 0 Å². The number of hydrogen-bond acceptors (Lipinski definition) is 3. The van der Waals surface area contributed by atoms with Crippen LogP contribution in [-0.4, -0.2) is 53.9 Å². The van der Waals surface area contributed by atoms with Crippen molar-refractivity contribution in [2.75, 3.05) is 31.1 Å². The molecule has 6 nitrogen and oxygen atoms in total. The Morgan fingerprint density at radius 2 is 1.57 bits per heavy atom. The van der Waals surface area contributed by atoms with Crippen molar-refractivity contribution in [3.63, 3.8) is 0 Å². The fourth-order valence-electron chi connectivity index (χ4n) is 4.61. The lowest BCUT2D eigenvalue weighted by molar-refractivity contribution is -0.133. The van der Waals surface area contributed by atoms with Crippen LogP contribution in [0.15, 0.2) is 85.1 Å². The summed E-state index contributed by atoms with van der Waals surface area (Å²) in [6, 6.07) is 22.6. The maximum absolute atomic E-state index is 13.6. The number of hydrogen-bond donors (Lipinski definition) is 2. The first kappa shape index (κ1) is 22.7. The monoisotopic (exact) mass is 470 g/mol. The Morgan fingerprint density at radius 1 is 0.886 bits per heavy atom. The van der Waals surface area contributed by atoms with Crippen LogP contribution in [0.3, 0.4) is 0 Å². The van der Waals surface area contributed by atoms with Crippen LogP contribution in [0.5, 0.6) is 0 Å². The number of rotatable bonds is 6. The molecule has 5 rings (SSSR count).